The molecule has 0 aliphatic carbocycles. The smallest absolute Gasteiger partial charge is 0.0594 e. The predicted octanol–water partition coefficient (Wildman–Crippen LogP) is 3.06. The summed E-state index contributed by atoms with van der Waals surface area (Å²) >= 11 is 0. The van der Waals surface area contributed by atoms with Gasteiger partial charge in [-0.1, -0.05) is 24.3 Å². The van der Waals surface area contributed by atoms with Gasteiger partial charge in [-0.3, -0.25) is 9.80 Å². The van der Waals surface area contributed by atoms with Crippen LogP contribution in [-0.2, 0) is 13.0 Å². The largest absolute Gasteiger partial charge is 0.390 e. The zero-order chi connectivity index (χ0) is 16.3. The van der Waals surface area contributed by atoms with Crippen LogP contribution in [0.1, 0.15) is 50.7 Å². The Morgan fingerprint density at radius 3 is 2.48 bits per heavy atom. The highest BCUT2D eigenvalue weighted by atomic mass is 16.3. The lowest BCUT2D eigenvalue weighted by Crippen LogP contribution is -2.36. The minimum absolute atomic E-state index is 0.572. The van der Waals surface area contributed by atoms with Crippen LogP contribution >= 0.6 is 0 Å². The van der Waals surface area contributed by atoms with E-state index in [9.17, 15) is 5.11 Å². The van der Waals surface area contributed by atoms with Crippen molar-refractivity contribution < 1.29 is 5.11 Å². The van der Waals surface area contributed by atoms with E-state index >= 15 is 0 Å². The summed E-state index contributed by atoms with van der Waals surface area (Å²) in [5.74, 6) is 0. The number of hydrogen-bond donors (Lipinski definition) is 1. The molecule has 128 valence electrons. The Bertz CT molecular complexity index is 491. The molecular formula is C20H32N2O. The van der Waals surface area contributed by atoms with Crippen LogP contribution in [0.3, 0.4) is 0 Å². The Balaban J connectivity index is 1.53. The minimum atomic E-state index is -0.572. The average molecular weight is 316 g/mol. The highest BCUT2D eigenvalue weighted by Crippen LogP contribution is 2.22. The van der Waals surface area contributed by atoms with Gasteiger partial charge in [-0.2, -0.15) is 0 Å². The van der Waals surface area contributed by atoms with E-state index in [1.54, 1.807) is 0 Å². The molecule has 0 spiro atoms. The molecule has 0 saturated carbocycles. The van der Waals surface area contributed by atoms with E-state index in [1.165, 1.54) is 56.6 Å². The van der Waals surface area contributed by atoms with Crippen molar-refractivity contribution in [1.29, 1.82) is 0 Å². The van der Waals surface area contributed by atoms with Gasteiger partial charge < -0.3 is 5.11 Å². The maximum absolute atomic E-state index is 9.84. The number of aliphatic hydroxyl groups is 1. The van der Waals surface area contributed by atoms with Crippen molar-refractivity contribution >= 4 is 0 Å². The number of aryl methyl sites for hydroxylation is 1. The Morgan fingerprint density at radius 2 is 1.74 bits per heavy atom. The third-order valence-electron chi connectivity index (χ3n) is 5.34. The number of hydrogen-bond acceptors (Lipinski definition) is 3. The van der Waals surface area contributed by atoms with Crippen molar-refractivity contribution in [3.8, 4) is 0 Å². The lowest BCUT2D eigenvalue weighted by Gasteiger charge is -2.25. The molecular weight excluding hydrogens is 284 g/mol. The van der Waals surface area contributed by atoms with Crippen LogP contribution in [0.4, 0.5) is 0 Å². The molecule has 0 radical (unpaired) electrons. The van der Waals surface area contributed by atoms with Crippen molar-refractivity contribution in [3.05, 3.63) is 35.4 Å². The number of benzene rings is 1. The Hall–Kier alpha value is -0.900. The molecule has 0 amide bonds. The molecule has 3 rings (SSSR count). The first-order valence-corrected chi connectivity index (χ1v) is 9.26. The Morgan fingerprint density at radius 1 is 1.04 bits per heavy atom. The lowest BCUT2D eigenvalue weighted by atomic mass is 9.98. The normalized spacial score (nSPS) is 23.7. The summed E-state index contributed by atoms with van der Waals surface area (Å²) < 4.78 is 0. The fraction of sp³-hybridized carbons (Fsp3) is 0.700. The standard InChI is InChI=1S/C20H32N2O/c1-20(2,23)11-10-17-6-8-18(9-7-17)15-21-12-4-14-22-13-3-5-19(22)16-21/h6-9,19,23H,3-5,10-16H2,1-2H3/t19-/m0/s1. The summed E-state index contributed by atoms with van der Waals surface area (Å²) in [6.07, 6.45) is 5.83. The molecule has 2 aliphatic rings. The average Bonchev–Trinajstić information content (AvgIpc) is 2.84. The highest BCUT2D eigenvalue weighted by molar-refractivity contribution is 5.23. The van der Waals surface area contributed by atoms with Crippen molar-refractivity contribution in [2.24, 2.45) is 0 Å². The fourth-order valence-electron chi connectivity index (χ4n) is 3.95. The van der Waals surface area contributed by atoms with Gasteiger partial charge in [-0.25, -0.2) is 0 Å². The topological polar surface area (TPSA) is 26.7 Å². The minimum Gasteiger partial charge on any atom is -0.390 e. The summed E-state index contributed by atoms with van der Waals surface area (Å²) in [7, 11) is 0. The number of fused-ring (bicyclic) bond motifs is 1. The molecule has 2 heterocycles. The van der Waals surface area contributed by atoms with Crippen molar-refractivity contribution in [2.75, 3.05) is 26.2 Å². The first kappa shape index (κ1) is 16.9. The summed E-state index contributed by atoms with van der Waals surface area (Å²) in [6, 6.07) is 9.82. The lowest BCUT2D eigenvalue weighted by molar-refractivity contribution is 0.0714. The molecule has 0 unspecified atom stereocenters. The van der Waals surface area contributed by atoms with Crippen LogP contribution in [0.25, 0.3) is 0 Å². The van der Waals surface area contributed by atoms with Gasteiger partial charge in [0.15, 0.2) is 0 Å². The van der Waals surface area contributed by atoms with Gasteiger partial charge in [0.1, 0.15) is 0 Å². The van der Waals surface area contributed by atoms with E-state index < -0.39 is 5.60 Å². The summed E-state index contributed by atoms with van der Waals surface area (Å²) in [4.78, 5) is 5.33. The van der Waals surface area contributed by atoms with Crippen LogP contribution in [-0.4, -0.2) is 52.7 Å². The van der Waals surface area contributed by atoms with Crippen LogP contribution in [0, 0.1) is 0 Å². The van der Waals surface area contributed by atoms with E-state index in [1.807, 2.05) is 13.8 Å². The van der Waals surface area contributed by atoms with Gasteiger partial charge >= 0.3 is 0 Å². The molecule has 3 nitrogen and oxygen atoms in total. The molecule has 1 atom stereocenters. The van der Waals surface area contributed by atoms with Gasteiger partial charge in [-0.05, 0) is 76.7 Å². The van der Waals surface area contributed by atoms with E-state index in [2.05, 4.69) is 34.1 Å². The molecule has 23 heavy (non-hydrogen) atoms. The first-order valence-electron chi connectivity index (χ1n) is 9.26. The van der Waals surface area contributed by atoms with Crippen molar-refractivity contribution in [1.82, 2.24) is 9.80 Å². The molecule has 3 heteroatoms. The zero-order valence-electron chi connectivity index (χ0n) is 14.8. The maximum Gasteiger partial charge on any atom is 0.0594 e. The van der Waals surface area contributed by atoms with Crippen LogP contribution in [0.5, 0.6) is 0 Å². The molecule has 1 aromatic rings. The maximum atomic E-state index is 9.84. The molecule has 2 aliphatic heterocycles. The number of nitrogens with zero attached hydrogens (tertiary/aromatic N) is 2. The van der Waals surface area contributed by atoms with Crippen molar-refractivity contribution in [3.63, 3.8) is 0 Å². The van der Waals surface area contributed by atoms with Gasteiger partial charge in [0.2, 0.25) is 0 Å². The van der Waals surface area contributed by atoms with Gasteiger partial charge in [0, 0.05) is 19.1 Å². The van der Waals surface area contributed by atoms with Gasteiger partial charge in [-0.15, -0.1) is 0 Å². The van der Waals surface area contributed by atoms with E-state index in [-0.39, 0.29) is 0 Å². The first-order chi connectivity index (χ1) is 11.0. The van der Waals surface area contributed by atoms with Crippen LogP contribution in [0.15, 0.2) is 24.3 Å². The molecule has 1 N–H and O–H groups in total. The summed E-state index contributed by atoms with van der Waals surface area (Å²) in [6.45, 7) is 9.91. The van der Waals surface area contributed by atoms with Crippen molar-refractivity contribution in [2.45, 2.75) is 64.1 Å². The monoisotopic (exact) mass is 316 g/mol. The highest BCUT2D eigenvalue weighted by Gasteiger charge is 2.28. The quantitative estimate of drug-likeness (QED) is 0.904. The molecule has 2 fully saturated rings. The number of rotatable bonds is 5. The molecule has 0 bridgehead atoms. The molecule has 2 saturated heterocycles. The van der Waals surface area contributed by atoms with E-state index in [0.29, 0.717) is 0 Å². The van der Waals surface area contributed by atoms with Gasteiger partial charge in [0.05, 0.1) is 5.60 Å². The SMILES string of the molecule is CC(C)(O)CCc1ccc(CN2CCCN3CCC[C@H]3C2)cc1. The van der Waals surface area contributed by atoms with Crippen LogP contribution < -0.4 is 0 Å². The Kier molecular flexibility index (Phi) is 5.40. The second-order valence-corrected chi connectivity index (χ2v) is 8.05. The zero-order valence-corrected chi connectivity index (χ0v) is 14.8. The summed E-state index contributed by atoms with van der Waals surface area (Å²) in [5, 5.41) is 9.84. The molecule has 0 aromatic heterocycles. The summed E-state index contributed by atoms with van der Waals surface area (Å²) in [5.41, 5.74) is 2.18. The second kappa shape index (κ2) is 7.33. The predicted molar refractivity (Wildman–Crippen MR) is 95.5 cm³/mol. The third kappa shape index (κ3) is 5.03. The second-order valence-electron chi connectivity index (χ2n) is 8.05. The molecule has 1 aromatic carbocycles. The van der Waals surface area contributed by atoms with E-state index in [0.717, 1.165) is 25.4 Å². The Labute approximate surface area is 141 Å². The van der Waals surface area contributed by atoms with Gasteiger partial charge in [0.25, 0.3) is 0 Å². The van der Waals surface area contributed by atoms with E-state index in [4.69, 9.17) is 0 Å². The van der Waals surface area contributed by atoms with Crippen LogP contribution in [0.2, 0.25) is 0 Å². The fourth-order valence-corrected chi connectivity index (χ4v) is 3.95. The third-order valence-corrected chi connectivity index (χ3v) is 5.34.